The molecule has 0 amide bonds. The summed E-state index contributed by atoms with van der Waals surface area (Å²) in [6, 6.07) is 0. The van der Waals surface area contributed by atoms with Gasteiger partial charge in [-0.3, -0.25) is 0 Å². The molecule has 1 unspecified atom stereocenters. The molecule has 0 aromatic heterocycles. The van der Waals surface area contributed by atoms with Crippen molar-refractivity contribution in [3.8, 4) is 0 Å². The van der Waals surface area contributed by atoms with Gasteiger partial charge in [0, 0.05) is 0 Å². The number of hydrogen-bond donors (Lipinski definition) is 0. The lowest BCUT2D eigenvalue weighted by atomic mass is 9.70. The van der Waals surface area contributed by atoms with Crippen LogP contribution in [0.25, 0.3) is 0 Å². The largest absolute Gasteiger partial charge is 0.105 e. The number of hydrogen-bond acceptors (Lipinski definition) is 0. The van der Waals surface area contributed by atoms with E-state index in [4.69, 9.17) is 0 Å². The molecule has 0 nitrogen and oxygen atoms in total. The Morgan fingerprint density at radius 1 is 1.50 bits per heavy atom. The first-order valence-electron chi connectivity index (χ1n) is 5.07. The van der Waals surface area contributed by atoms with Gasteiger partial charge in [0.15, 0.2) is 0 Å². The van der Waals surface area contributed by atoms with Gasteiger partial charge in [0.25, 0.3) is 0 Å². The molecule has 0 spiro atoms. The van der Waals surface area contributed by atoms with E-state index in [1.54, 1.807) is 0 Å². The standard InChI is InChI=1S/C11H23B/c1-6-9(3)11(4,5)8-10(12)7-2/h6,10H,7-8,12H2,1-5H3/b9-6+. The van der Waals surface area contributed by atoms with E-state index in [9.17, 15) is 0 Å². The zero-order valence-corrected chi connectivity index (χ0v) is 9.57. The lowest BCUT2D eigenvalue weighted by molar-refractivity contribution is 0.391. The van der Waals surface area contributed by atoms with Crippen LogP contribution < -0.4 is 0 Å². The summed E-state index contributed by atoms with van der Waals surface area (Å²) in [5.41, 5.74) is 1.91. The average Bonchev–Trinajstić information content (AvgIpc) is 2.02. The van der Waals surface area contributed by atoms with Crippen LogP contribution in [0.1, 0.15) is 47.5 Å². The summed E-state index contributed by atoms with van der Waals surface area (Å²) in [7, 11) is 2.34. The van der Waals surface area contributed by atoms with Crippen molar-refractivity contribution in [1.82, 2.24) is 0 Å². The first kappa shape index (κ1) is 11.8. The van der Waals surface area contributed by atoms with E-state index in [0.717, 1.165) is 5.82 Å². The van der Waals surface area contributed by atoms with Gasteiger partial charge >= 0.3 is 0 Å². The van der Waals surface area contributed by atoms with E-state index in [0.29, 0.717) is 5.41 Å². The zero-order valence-electron chi connectivity index (χ0n) is 9.57. The molecule has 70 valence electrons. The van der Waals surface area contributed by atoms with Crippen LogP contribution in [0.5, 0.6) is 0 Å². The summed E-state index contributed by atoms with van der Waals surface area (Å²) in [5.74, 6) is 0.842. The predicted octanol–water partition coefficient (Wildman–Crippen LogP) is 3.20. The van der Waals surface area contributed by atoms with Gasteiger partial charge in [0.1, 0.15) is 7.85 Å². The summed E-state index contributed by atoms with van der Waals surface area (Å²) in [4.78, 5) is 0. The molecule has 0 saturated heterocycles. The molecule has 0 saturated carbocycles. The minimum atomic E-state index is 0.393. The smallest absolute Gasteiger partial charge is 0.0882 e. The molecule has 0 aromatic rings. The van der Waals surface area contributed by atoms with Crippen LogP contribution >= 0.6 is 0 Å². The fourth-order valence-electron chi connectivity index (χ4n) is 1.57. The van der Waals surface area contributed by atoms with Crippen molar-refractivity contribution in [3.05, 3.63) is 11.6 Å². The molecule has 1 atom stereocenters. The monoisotopic (exact) mass is 166 g/mol. The van der Waals surface area contributed by atoms with Gasteiger partial charge in [0.05, 0.1) is 0 Å². The number of rotatable bonds is 4. The third-order valence-corrected chi connectivity index (χ3v) is 3.06. The first-order valence-corrected chi connectivity index (χ1v) is 5.07. The van der Waals surface area contributed by atoms with Crippen LogP contribution in [0.2, 0.25) is 5.82 Å². The highest BCUT2D eigenvalue weighted by Gasteiger charge is 2.21. The topological polar surface area (TPSA) is 0 Å². The van der Waals surface area contributed by atoms with Gasteiger partial charge in [0.2, 0.25) is 0 Å². The lowest BCUT2D eigenvalue weighted by Gasteiger charge is -2.28. The normalized spacial score (nSPS) is 16.2. The molecule has 0 aliphatic carbocycles. The highest BCUT2D eigenvalue weighted by atomic mass is 14.2. The third kappa shape index (κ3) is 3.47. The van der Waals surface area contributed by atoms with Crippen molar-refractivity contribution in [2.75, 3.05) is 0 Å². The van der Waals surface area contributed by atoms with Crippen LogP contribution in [0.15, 0.2) is 11.6 Å². The lowest BCUT2D eigenvalue weighted by Crippen LogP contribution is -2.15. The fourth-order valence-corrected chi connectivity index (χ4v) is 1.57. The first-order chi connectivity index (χ1) is 5.44. The highest BCUT2D eigenvalue weighted by molar-refractivity contribution is 6.11. The van der Waals surface area contributed by atoms with Crippen molar-refractivity contribution in [3.63, 3.8) is 0 Å². The van der Waals surface area contributed by atoms with E-state index in [2.05, 4.69) is 48.5 Å². The highest BCUT2D eigenvalue weighted by Crippen LogP contribution is 2.35. The summed E-state index contributed by atoms with van der Waals surface area (Å²) >= 11 is 0. The van der Waals surface area contributed by atoms with Crippen molar-refractivity contribution >= 4 is 7.85 Å². The summed E-state index contributed by atoms with van der Waals surface area (Å²) in [6.07, 6.45) is 4.84. The molecule has 0 radical (unpaired) electrons. The van der Waals surface area contributed by atoms with Crippen molar-refractivity contribution in [1.29, 1.82) is 0 Å². The summed E-state index contributed by atoms with van der Waals surface area (Å²) < 4.78 is 0. The molecule has 0 heterocycles. The van der Waals surface area contributed by atoms with Crippen molar-refractivity contribution in [2.45, 2.75) is 53.3 Å². The average molecular weight is 166 g/mol. The van der Waals surface area contributed by atoms with Gasteiger partial charge in [-0.2, -0.15) is 0 Å². The fraction of sp³-hybridized carbons (Fsp3) is 0.818. The second-order valence-corrected chi connectivity index (χ2v) is 4.57. The van der Waals surface area contributed by atoms with Gasteiger partial charge in [-0.25, -0.2) is 0 Å². The maximum Gasteiger partial charge on any atom is 0.105 e. The molecule has 0 fully saturated rings. The maximum atomic E-state index is 2.34. The Bertz CT molecular complexity index is 156. The Morgan fingerprint density at radius 3 is 2.33 bits per heavy atom. The van der Waals surface area contributed by atoms with Gasteiger partial charge in [-0.05, 0) is 25.7 Å². The van der Waals surface area contributed by atoms with Crippen LogP contribution in [0.4, 0.5) is 0 Å². The SMILES string of the molecule is BC(CC)CC(C)(C)/C(C)=C/C. The van der Waals surface area contributed by atoms with E-state index in [1.165, 1.54) is 18.4 Å². The van der Waals surface area contributed by atoms with Crippen LogP contribution in [-0.2, 0) is 0 Å². The molecule has 0 rings (SSSR count). The van der Waals surface area contributed by atoms with E-state index in [-0.39, 0.29) is 0 Å². The molecule has 0 bridgehead atoms. The minimum Gasteiger partial charge on any atom is -0.0882 e. The molecule has 0 aromatic carbocycles. The summed E-state index contributed by atoms with van der Waals surface area (Å²) in [6.45, 7) is 11.3. The predicted molar refractivity (Wildman–Crippen MR) is 60.4 cm³/mol. The Labute approximate surface area is 78.9 Å². The maximum absolute atomic E-state index is 2.34. The second kappa shape index (κ2) is 4.74. The molecular formula is C11H23B. The van der Waals surface area contributed by atoms with E-state index >= 15 is 0 Å². The van der Waals surface area contributed by atoms with E-state index in [1.807, 2.05) is 0 Å². The molecule has 0 N–H and O–H groups in total. The molecule has 0 aliphatic heterocycles. The summed E-state index contributed by atoms with van der Waals surface area (Å²) in [5, 5.41) is 0. The van der Waals surface area contributed by atoms with E-state index < -0.39 is 0 Å². The van der Waals surface area contributed by atoms with Crippen molar-refractivity contribution in [2.24, 2.45) is 5.41 Å². The molecule has 12 heavy (non-hydrogen) atoms. The zero-order chi connectivity index (χ0) is 9.78. The van der Waals surface area contributed by atoms with Crippen LogP contribution in [-0.4, -0.2) is 7.85 Å². The Balaban J connectivity index is 4.22. The second-order valence-electron chi connectivity index (χ2n) is 4.57. The van der Waals surface area contributed by atoms with Crippen molar-refractivity contribution < 1.29 is 0 Å². The van der Waals surface area contributed by atoms with Gasteiger partial charge in [-0.15, -0.1) is 0 Å². The third-order valence-electron chi connectivity index (χ3n) is 3.06. The number of allylic oxidation sites excluding steroid dienone is 2. The quantitative estimate of drug-likeness (QED) is 0.444. The Morgan fingerprint density at radius 2 is 2.00 bits per heavy atom. The van der Waals surface area contributed by atoms with Gasteiger partial charge in [-0.1, -0.05) is 44.7 Å². The Kier molecular flexibility index (Phi) is 4.66. The Hall–Kier alpha value is -0.195. The molecule has 1 heteroatoms. The molecular weight excluding hydrogens is 143 g/mol. The van der Waals surface area contributed by atoms with Crippen LogP contribution in [0, 0.1) is 5.41 Å². The molecule has 0 aliphatic rings. The van der Waals surface area contributed by atoms with Gasteiger partial charge < -0.3 is 0 Å². The minimum absolute atomic E-state index is 0.393. The van der Waals surface area contributed by atoms with Crippen LogP contribution in [0.3, 0.4) is 0 Å².